The minimum absolute atomic E-state index is 0.204. The third-order valence-corrected chi connectivity index (χ3v) is 3.19. The number of nitrogens with zero attached hydrogens (tertiary/aromatic N) is 4. The summed E-state index contributed by atoms with van der Waals surface area (Å²) in [6.45, 7) is 0. The molecule has 0 bridgehead atoms. The highest BCUT2D eigenvalue weighted by Gasteiger charge is 2.07. The maximum Gasteiger partial charge on any atom is 0.223 e. The number of H-pyrrole nitrogens is 1. The summed E-state index contributed by atoms with van der Waals surface area (Å²) in [6, 6.07) is 0. The first-order valence-electron chi connectivity index (χ1n) is 3.47. The van der Waals surface area contributed by atoms with Crippen LogP contribution in [0, 0.1) is 0 Å². The van der Waals surface area contributed by atoms with Gasteiger partial charge < -0.3 is 0 Å². The average Bonchev–Trinajstić information content (AvgIpc) is 2.64. The average molecular weight is 293 g/mol. The van der Waals surface area contributed by atoms with Gasteiger partial charge in [-0.15, -0.1) is 0 Å². The predicted octanol–water partition coefficient (Wildman–Crippen LogP) is 2.16. The van der Waals surface area contributed by atoms with Gasteiger partial charge in [-0.2, -0.15) is 5.10 Å². The van der Waals surface area contributed by atoms with Gasteiger partial charge in [-0.1, -0.05) is 0 Å². The molecule has 0 unspecified atom stereocenters. The zero-order chi connectivity index (χ0) is 9.97. The molecule has 72 valence electrons. The third-order valence-electron chi connectivity index (χ3n) is 1.27. The van der Waals surface area contributed by atoms with E-state index >= 15 is 0 Å². The normalized spacial score (nSPS) is 10.4. The van der Waals surface area contributed by atoms with Gasteiger partial charge >= 0.3 is 0 Å². The fraction of sp³-hybridized carbons (Fsp3) is 0. The monoisotopic (exact) mass is 291 g/mol. The lowest BCUT2D eigenvalue weighted by atomic mass is 10.7. The Bertz CT molecular complexity index is 434. The Morgan fingerprint density at radius 3 is 3.00 bits per heavy atom. The highest BCUT2D eigenvalue weighted by molar-refractivity contribution is 9.10. The maximum absolute atomic E-state index is 5.65. The number of nitrogens with one attached hydrogen (secondary N) is 1. The summed E-state index contributed by atoms with van der Waals surface area (Å²) in [5, 5.41) is 7.98. The summed E-state index contributed by atoms with van der Waals surface area (Å²) in [5.74, 6) is 0. The van der Waals surface area contributed by atoms with E-state index in [1.54, 1.807) is 6.20 Å². The molecule has 0 radical (unpaired) electrons. The zero-order valence-electron chi connectivity index (χ0n) is 6.61. The van der Waals surface area contributed by atoms with Crippen molar-refractivity contribution in [2.24, 2.45) is 0 Å². The number of aromatic amines is 1. The highest BCUT2D eigenvalue weighted by atomic mass is 79.9. The van der Waals surface area contributed by atoms with Gasteiger partial charge in [0.05, 0.1) is 4.47 Å². The Morgan fingerprint density at radius 1 is 1.43 bits per heavy atom. The summed E-state index contributed by atoms with van der Waals surface area (Å²) in [7, 11) is 0. The van der Waals surface area contributed by atoms with Gasteiger partial charge in [0.1, 0.15) is 11.4 Å². The molecule has 2 aromatic rings. The largest absolute Gasteiger partial charge is 0.254 e. The minimum Gasteiger partial charge on any atom is -0.254 e. The fourth-order valence-electron chi connectivity index (χ4n) is 0.738. The predicted molar refractivity (Wildman–Crippen MR) is 55.2 cm³/mol. The van der Waals surface area contributed by atoms with Crippen LogP contribution in [0.25, 0.3) is 0 Å². The molecule has 0 fully saturated rings. The molecule has 1 N–H and O–H groups in total. The Labute approximate surface area is 96.8 Å². The van der Waals surface area contributed by atoms with Crippen LogP contribution in [0.1, 0.15) is 0 Å². The van der Waals surface area contributed by atoms with E-state index < -0.39 is 0 Å². The smallest absolute Gasteiger partial charge is 0.223 e. The van der Waals surface area contributed by atoms with Crippen molar-refractivity contribution >= 4 is 39.3 Å². The first kappa shape index (κ1) is 9.88. The van der Waals surface area contributed by atoms with Crippen molar-refractivity contribution in [1.82, 2.24) is 25.1 Å². The lowest BCUT2D eigenvalue weighted by molar-refractivity contribution is 0.958. The second-order valence-corrected chi connectivity index (χ2v) is 4.35. The van der Waals surface area contributed by atoms with Crippen molar-refractivity contribution in [1.29, 1.82) is 0 Å². The molecule has 0 saturated heterocycles. The Kier molecular flexibility index (Phi) is 2.99. The second kappa shape index (κ2) is 4.24. The first-order chi connectivity index (χ1) is 6.75. The van der Waals surface area contributed by atoms with Crippen LogP contribution in [0.3, 0.4) is 0 Å². The lowest BCUT2D eigenvalue weighted by Gasteiger charge is -1.99. The van der Waals surface area contributed by atoms with E-state index in [4.69, 9.17) is 11.6 Å². The topological polar surface area (TPSA) is 67.3 Å². The minimum atomic E-state index is 0.204. The van der Waals surface area contributed by atoms with E-state index in [1.807, 2.05) is 0 Å². The number of halogens is 2. The van der Waals surface area contributed by atoms with E-state index in [1.165, 1.54) is 18.1 Å². The number of aromatic nitrogens is 5. The Morgan fingerprint density at radius 2 is 2.29 bits per heavy atom. The lowest BCUT2D eigenvalue weighted by Crippen LogP contribution is -1.87. The molecule has 0 aromatic carbocycles. The van der Waals surface area contributed by atoms with Crippen LogP contribution in [-0.4, -0.2) is 25.1 Å². The molecule has 0 aliphatic rings. The molecule has 0 atom stereocenters. The van der Waals surface area contributed by atoms with Crippen LogP contribution in [0.5, 0.6) is 0 Å². The van der Waals surface area contributed by atoms with Gasteiger partial charge in [0.15, 0.2) is 5.16 Å². The van der Waals surface area contributed by atoms with Crippen molar-refractivity contribution in [3.63, 3.8) is 0 Å². The van der Waals surface area contributed by atoms with Gasteiger partial charge in [-0.3, -0.25) is 5.10 Å². The summed E-state index contributed by atoms with van der Waals surface area (Å²) >= 11 is 10.3. The molecule has 2 rings (SSSR count). The van der Waals surface area contributed by atoms with Gasteiger partial charge in [0, 0.05) is 6.20 Å². The molecule has 0 aliphatic heterocycles. The van der Waals surface area contributed by atoms with Gasteiger partial charge in [-0.25, -0.2) is 15.0 Å². The SMILES string of the molecule is Clc1ncc(Br)c(Sc2ncn[nH]2)n1. The number of rotatable bonds is 2. The molecule has 8 heteroatoms. The molecule has 2 aromatic heterocycles. The Balaban J connectivity index is 2.28. The van der Waals surface area contributed by atoms with Crippen molar-refractivity contribution in [2.75, 3.05) is 0 Å². The highest BCUT2D eigenvalue weighted by Crippen LogP contribution is 2.29. The van der Waals surface area contributed by atoms with Gasteiger partial charge in [0.25, 0.3) is 0 Å². The molecule has 5 nitrogen and oxygen atoms in total. The van der Waals surface area contributed by atoms with E-state index in [0.717, 1.165) is 4.47 Å². The van der Waals surface area contributed by atoms with Crippen LogP contribution >= 0.6 is 39.3 Å². The van der Waals surface area contributed by atoms with Crippen LogP contribution in [0.4, 0.5) is 0 Å². The molecule has 0 aliphatic carbocycles. The van der Waals surface area contributed by atoms with Gasteiger partial charge in [0.2, 0.25) is 5.28 Å². The van der Waals surface area contributed by atoms with E-state index in [-0.39, 0.29) is 5.28 Å². The summed E-state index contributed by atoms with van der Waals surface area (Å²) in [4.78, 5) is 11.8. The summed E-state index contributed by atoms with van der Waals surface area (Å²) < 4.78 is 0.767. The van der Waals surface area contributed by atoms with Crippen molar-refractivity contribution in [3.8, 4) is 0 Å². The number of hydrogen-bond donors (Lipinski definition) is 1. The van der Waals surface area contributed by atoms with Gasteiger partial charge in [-0.05, 0) is 39.3 Å². The summed E-state index contributed by atoms with van der Waals surface area (Å²) in [5.41, 5.74) is 0. The Hall–Kier alpha value is -0.660. The van der Waals surface area contributed by atoms with Crippen molar-refractivity contribution in [2.45, 2.75) is 10.2 Å². The maximum atomic E-state index is 5.65. The van der Waals surface area contributed by atoms with E-state index in [0.29, 0.717) is 10.2 Å². The fourth-order valence-corrected chi connectivity index (χ4v) is 2.02. The zero-order valence-corrected chi connectivity index (χ0v) is 9.77. The van der Waals surface area contributed by atoms with Crippen molar-refractivity contribution in [3.05, 3.63) is 22.3 Å². The van der Waals surface area contributed by atoms with E-state index in [9.17, 15) is 0 Å². The third kappa shape index (κ3) is 2.23. The number of hydrogen-bond acceptors (Lipinski definition) is 5. The standard InChI is InChI=1S/C6H3BrClN5S/c7-3-1-9-5(8)12-4(3)14-6-10-2-11-13-6/h1-2H,(H,10,11,13). The molecule has 0 amide bonds. The first-order valence-corrected chi connectivity index (χ1v) is 5.45. The van der Waals surface area contributed by atoms with Crippen molar-refractivity contribution < 1.29 is 0 Å². The summed E-state index contributed by atoms with van der Waals surface area (Å²) in [6.07, 6.45) is 3.02. The van der Waals surface area contributed by atoms with Crippen LogP contribution < -0.4 is 0 Å². The molecular weight excluding hydrogens is 290 g/mol. The molecule has 0 saturated carbocycles. The molecule has 14 heavy (non-hydrogen) atoms. The molecule has 2 heterocycles. The molecular formula is C6H3BrClN5S. The second-order valence-electron chi connectivity index (χ2n) is 2.18. The van der Waals surface area contributed by atoms with E-state index in [2.05, 4.69) is 41.1 Å². The van der Waals surface area contributed by atoms with Crippen LogP contribution in [0.15, 0.2) is 27.2 Å². The quantitative estimate of drug-likeness (QED) is 0.678. The van der Waals surface area contributed by atoms with Crippen LogP contribution in [-0.2, 0) is 0 Å². The molecule has 0 spiro atoms. The van der Waals surface area contributed by atoms with Crippen LogP contribution in [0.2, 0.25) is 5.28 Å².